The summed E-state index contributed by atoms with van der Waals surface area (Å²) >= 11 is 0. The third-order valence-corrected chi connectivity index (χ3v) is 5.13. The molecule has 1 rings (SSSR count). The first-order valence-corrected chi connectivity index (χ1v) is 8.44. The molecule has 3 N–H and O–H groups in total. The zero-order valence-electron chi connectivity index (χ0n) is 11.3. The van der Waals surface area contributed by atoms with Crippen molar-refractivity contribution in [1.29, 1.82) is 0 Å². The normalized spacial score (nSPS) is 19.2. The van der Waals surface area contributed by atoms with E-state index in [4.69, 9.17) is 10.5 Å². The first kappa shape index (κ1) is 15.9. The first-order valence-electron chi connectivity index (χ1n) is 6.79. The molecule has 6 heteroatoms. The van der Waals surface area contributed by atoms with Crippen LogP contribution in [0.25, 0.3) is 0 Å². The van der Waals surface area contributed by atoms with Crippen LogP contribution < -0.4 is 10.5 Å². The van der Waals surface area contributed by atoms with Crippen LogP contribution in [0.3, 0.4) is 0 Å². The smallest absolute Gasteiger partial charge is 0.213 e. The van der Waals surface area contributed by atoms with Crippen LogP contribution in [-0.2, 0) is 14.8 Å². The van der Waals surface area contributed by atoms with Gasteiger partial charge >= 0.3 is 0 Å². The standard InChI is InChI=1S/C12H26N2O3S/c1-2-12(5-3-4-6-12)11-14-18(15,16)10-9-17-8-7-13/h14H,2-11,13H2,1H3. The van der Waals surface area contributed by atoms with Crippen LogP contribution in [0.1, 0.15) is 39.0 Å². The van der Waals surface area contributed by atoms with Gasteiger partial charge in [-0.05, 0) is 24.7 Å². The van der Waals surface area contributed by atoms with Gasteiger partial charge in [0.15, 0.2) is 0 Å². The zero-order valence-corrected chi connectivity index (χ0v) is 12.1. The number of rotatable bonds is 9. The quantitative estimate of drug-likeness (QED) is 0.613. The van der Waals surface area contributed by atoms with Gasteiger partial charge in [-0.2, -0.15) is 0 Å². The minimum atomic E-state index is -3.21. The van der Waals surface area contributed by atoms with E-state index in [2.05, 4.69) is 11.6 Å². The maximum absolute atomic E-state index is 11.8. The van der Waals surface area contributed by atoms with E-state index in [1.54, 1.807) is 0 Å². The van der Waals surface area contributed by atoms with Crippen molar-refractivity contribution in [3.05, 3.63) is 0 Å². The Morgan fingerprint density at radius 2 is 1.94 bits per heavy atom. The highest BCUT2D eigenvalue weighted by Crippen LogP contribution is 2.40. The van der Waals surface area contributed by atoms with Gasteiger partial charge < -0.3 is 10.5 Å². The molecule has 1 aliphatic rings. The predicted molar refractivity (Wildman–Crippen MR) is 72.9 cm³/mol. The van der Waals surface area contributed by atoms with Crippen molar-refractivity contribution in [2.24, 2.45) is 11.1 Å². The molecule has 1 saturated carbocycles. The summed E-state index contributed by atoms with van der Waals surface area (Å²) in [6.45, 7) is 3.76. The van der Waals surface area contributed by atoms with E-state index in [0.29, 0.717) is 19.7 Å². The maximum Gasteiger partial charge on any atom is 0.213 e. The number of ether oxygens (including phenoxy) is 1. The average molecular weight is 278 g/mol. The van der Waals surface area contributed by atoms with Crippen molar-refractivity contribution >= 4 is 10.0 Å². The van der Waals surface area contributed by atoms with Crippen molar-refractivity contribution in [3.63, 3.8) is 0 Å². The molecule has 0 bridgehead atoms. The lowest BCUT2D eigenvalue weighted by molar-refractivity contribution is 0.156. The summed E-state index contributed by atoms with van der Waals surface area (Å²) in [6, 6.07) is 0. The van der Waals surface area contributed by atoms with Crippen molar-refractivity contribution in [2.45, 2.75) is 39.0 Å². The molecule has 1 fully saturated rings. The Balaban J connectivity index is 2.31. The first-order chi connectivity index (χ1) is 8.54. The van der Waals surface area contributed by atoms with Gasteiger partial charge in [0.2, 0.25) is 10.0 Å². The molecular formula is C12H26N2O3S. The largest absolute Gasteiger partial charge is 0.379 e. The number of hydrogen-bond acceptors (Lipinski definition) is 4. The lowest BCUT2D eigenvalue weighted by Crippen LogP contribution is -2.37. The summed E-state index contributed by atoms with van der Waals surface area (Å²) in [6.07, 6.45) is 5.74. The Hall–Kier alpha value is -0.170. The molecule has 1 aliphatic carbocycles. The minimum Gasteiger partial charge on any atom is -0.379 e. The van der Waals surface area contributed by atoms with Gasteiger partial charge in [-0.3, -0.25) is 0 Å². The number of sulfonamides is 1. The fraction of sp³-hybridized carbons (Fsp3) is 1.00. The average Bonchev–Trinajstić information content (AvgIpc) is 2.82. The summed E-state index contributed by atoms with van der Waals surface area (Å²) in [4.78, 5) is 0. The lowest BCUT2D eigenvalue weighted by atomic mass is 9.84. The van der Waals surface area contributed by atoms with Crippen LogP contribution in [0, 0.1) is 5.41 Å². The van der Waals surface area contributed by atoms with Crippen LogP contribution in [0.15, 0.2) is 0 Å². The van der Waals surface area contributed by atoms with Crippen LogP contribution in [0.5, 0.6) is 0 Å². The SMILES string of the molecule is CCC1(CNS(=O)(=O)CCOCCN)CCCC1. The van der Waals surface area contributed by atoms with Crippen molar-refractivity contribution in [1.82, 2.24) is 4.72 Å². The Morgan fingerprint density at radius 3 is 2.50 bits per heavy atom. The van der Waals surface area contributed by atoms with Crippen molar-refractivity contribution < 1.29 is 13.2 Å². The highest BCUT2D eigenvalue weighted by atomic mass is 32.2. The molecule has 0 aromatic heterocycles. The van der Waals surface area contributed by atoms with Gasteiger partial charge in [-0.15, -0.1) is 0 Å². The van der Waals surface area contributed by atoms with Gasteiger partial charge in [-0.25, -0.2) is 13.1 Å². The second-order valence-corrected chi connectivity index (χ2v) is 7.03. The van der Waals surface area contributed by atoms with E-state index in [1.807, 2.05) is 0 Å². The van der Waals surface area contributed by atoms with Gasteiger partial charge in [0.05, 0.1) is 19.0 Å². The molecule has 5 nitrogen and oxygen atoms in total. The van der Waals surface area contributed by atoms with Gasteiger partial charge in [-0.1, -0.05) is 19.8 Å². The molecular weight excluding hydrogens is 252 g/mol. The Labute approximate surface area is 111 Å². The minimum absolute atomic E-state index is 0.0206. The van der Waals surface area contributed by atoms with Gasteiger partial charge in [0, 0.05) is 13.1 Å². The fourth-order valence-corrected chi connectivity index (χ4v) is 3.48. The molecule has 0 aromatic rings. The maximum atomic E-state index is 11.8. The zero-order chi connectivity index (χ0) is 13.5. The molecule has 0 amide bonds. The van der Waals surface area contributed by atoms with E-state index in [0.717, 1.165) is 19.3 Å². The van der Waals surface area contributed by atoms with Crippen LogP contribution >= 0.6 is 0 Å². The monoisotopic (exact) mass is 278 g/mol. The van der Waals surface area contributed by atoms with Gasteiger partial charge in [0.1, 0.15) is 0 Å². The topological polar surface area (TPSA) is 81.4 Å². The highest BCUT2D eigenvalue weighted by Gasteiger charge is 2.32. The van der Waals surface area contributed by atoms with E-state index in [9.17, 15) is 8.42 Å². The molecule has 0 heterocycles. The summed E-state index contributed by atoms with van der Waals surface area (Å²) in [5.74, 6) is 0.0206. The molecule has 0 atom stereocenters. The molecule has 0 unspecified atom stereocenters. The van der Waals surface area contributed by atoms with E-state index in [1.165, 1.54) is 12.8 Å². The second-order valence-electron chi connectivity index (χ2n) is 5.10. The molecule has 0 saturated heterocycles. The number of nitrogens with one attached hydrogen (secondary N) is 1. The number of hydrogen-bond donors (Lipinski definition) is 2. The molecule has 18 heavy (non-hydrogen) atoms. The molecule has 0 aliphatic heterocycles. The summed E-state index contributed by atoms with van der Waals surface area (Å²) in [7, 11) is -3.21. The second kappa shape index (κ2) is 7.43. The fourth-order valence-electron chi connectivity index (χ4n) is 2.47. The highest BCUT2D eigenvalue weighted by molar-refractivity contribution is 7.89. The van der Waals surface area contributed by atoms with Gasteiger partial charge in [0.25, 0.3) is 0 Å². The molecule has 0 aromatic carbocycles. The summed E-state index contributed by atoms with van der Waals surface area (Å²) in [5.41, 5.74) is 5.45. The number of nitrogens with two attached hydrogens (primary N) is 1. The lowest BCUT2D eigenvalue weighted by Gasteiger charge is -2.27. The summed E-state index contributed by atoms with van der Waals surface area (Å²) < 4.78 is 31.4. The predicted octanol–water partition coefficient (Wildman–Crippen LogP) is 0.852. The third-order valence-electron chi connectivity index (χ3n) is 3.84. The van der Waals surface area contributed by atoms with Crippen LogP contribution in [0.4, 0.5) is 0 Å². The van der Waals surface area contributed by atoms with Crippen LogP contribution in [0.2, 0.25) is 0 Å². The molecule has 108 valence electrons. The van der Waals surface area contributed by atoms with Crippen molar-refractivity contribution in [3.8, 4) is 0 Å². The van der Waals surface area contributed by atoms with Crippen molar-refractivity contribution in [2.75, 3.05) is 32.1 Å². The Kier molecular flexibility index (Phi) is 6.55. The summed E-state index contributed by atoms with van der Waals surface area (Å²) in [5, 5.41) is 0. The molecule has 0 spiro atoms. The Morgan fingerprint density at radius 1 is 1.28 bits per heavy atom. The van der Waals surface area contributed by atoms with E-state index < -0.39 is 10.0 Å². The van der Waals surface area contributed by atoms with E-state index >= 15 is 0 Å². The third kappa shape index (κ3) is 5.22. The Bertz CT molecular complexity index is 324. The van der Waals surface area contributed by atoms with E-state index in [-0.39, 0.29) is 17.8 Å². The van der Waals surface area contributed by atoms with Crippen LogP contribution in [-0.4, -0.2) is 40.5 Å². The molecule has 0 radical (unpaired) electrons.